The van der Waals surface area contributed by atoms with Crippen molar-refractivity contribution in [2.75, 3.05) is 5.32 Å². The molecule has 0 saturated heterocycles. The van der Waals surface area contributed by atoms with E-state index in [1.54, 1.807) is 47.6 Å². The van der Waals surface area contributed by atoms with E-state index >= 15 is 0 Å². The second-order valence-corrected chi connectivity index (χ2v) is 7.50. The average Bonchev–Trinajstić information content (AvgIpc) is 3.31. The molecule has 29 heavy (non-hydrogen) atoms. The van der Waals surface area contributed by atoms with E-state index in [2.05, 4.69) is 10.4 Å². The van der Waals surface area contributed by atoms with Crippen molar-refractivity contribution in [2.24, 2.45) is 0 Å². The van der Waals surface area contributed by atoms with E-state index in [9.17, 15) is 14.9 Å². The molecule has 0 spiro atoms. The van der Waals surface area contributed by atoms with Gasteiger partial charge in [-0.1, -0.05) is 18.2 Å². The Hall–Kier alpha value is -3.33. The van der Waals surface area contributed by atoms with Gasteiger partial charge in [0, 0.05) is 29.2 Å². The Morgan fingerprint density at radius 3 is 2.62 bits per heavy atom. The summed E-state index contributed by atoms with van der Waals surface area (Å²) in [6.45, 7) is 1.68. The number of ether oxygens (including phenoxy) is 1. The van der Waals surface area contributed by atoms with Crippen LogP contribution in [0.3, 0.4) is 0 Å². The SMILES string of the molecule is CC(Oc1ccccc1)C(=O)Nc1c2c(nn1-c1ccc([N+](=O)[O-])cc1)CSC2. The van der Waals surface area contributed by atoms with Crippen LogP contribution < -0.4 is 10.1 Å². The van der Waals surface area contributed by atoms with E-state index in [4.69, 9.17) is 4.74 Å². The van der Waals surface area contributed by atoms with Crippen LogP contribution in [0.1, 0.15) is 18.2 Å². The first-order chi connectivity index (χ1) is 14.0. The highest BCUT2D eigenvalue weighted by molar-refractivity contribution is 7.98. The Labute approximate surface area is 171 Å². The fraction of sp³-hybridized carbons (Fsp3) is 0.200. The monoisotopic (exact) mass is 410 g/mol. The molecule has 1 unspecified atom stereocenters. The number of fused-ring (bicyclic) bond motifs is 1. The number of hydrogen-bond donors (Lipinski definition) is 1. The number of carbonyl (C=O) groups is 1. The molecule has 3 aromatic rings. The number of non-ortho nitro benzene ring substituents is 1. The van der Waals surface area contributed by atoms with Crippen molar-refractivity contribution < 1.29 is 14.5 Å². The summed E-state index contributed by atoms with van der Waals surface area (Å²) < 4.78 is 7.34. The first-order valence-electron chi connectivity index (χ1n) is 8.99. The number of aromatic nitrogens is 2. The highest BCUT2D eigenvalue weighted by Crippen LogP contribution is 2.36. The van der Waals surface area contributed by atoms with E-state index < -0.39 is 11.0 Å². The van der Waals surface area contributed by atoms with Crippen LogP contribution in [0.5, 0.6) is 5.75 Å². The van der Waals surface area contributed by atoms with Gasteiger partial charge in [-0.2, -0.15) is 16.9 Å². The first kappa shape index (κ1) is 19.0. The van der Waals surface area contributed by atoms with Crippen molar-refractivity contribution in [3.63, 3.8) is 0 Å². The molecule has 2 aromatic carbocycles. The molecule has 0 saturated carbocycles. The number of anilines is 1. The Morgan fingerprint density at radius 1 is 1.21 bits per heavy atom. The Balaban J connectivity index is 1.59. The van der Waals surface area contributed by atoms with E-state index in [0.29, 0.717) is 17.3 Å². The summed E-state index contributed by atoms with van der Waals surface area (Å²) in [5.74, 6) is 2.39. The van der Waals surface area contributed by atoms with Gasteiger partial charge in [-0.05, 0) is 31.2 Å². The molecule has 0 radical (unpaired) electrons. The summed E-state index contributed by atoms with van der Waals surface area (Å²) in [6.07, 6.45) is -0.706. The Bertz CT molecular complexity index is 1050. The lowest BCUT2D eigenvalue weighted by molar-refractivity contribution is -0.384. The minimum atomic E-state index is -0.706. The number of amides is 1. The van der Waals surface area contributed by atoms with E-state index in [0.717, 1.165) is 22.8 Å². The third-order valence-electron chi connectivity index (χ3n) is 4.52. The number of hydrogen-bond acceptors (Lipinski definition) is 6. The highest BCUT2D eigenvalue weighted by atomic mass is 32.2. The molecule has 1 atom stereocenters. The maximum Gasteiger partial charge on any atom is 0.269 e. The second kappa shape index (κ2) is 7.96. The number of carbonyl (C=O) groups excluding carboxylic acids is 1. The molecule has 1 amide bonds. The predicted molar refractivity (Wildman–Crippen MR) is 110 cm³/mol. The van der Waals surface area contributed by atoms with Crippen molar-refractivity contribution in [3.05, 3.63) is 76.0 Å². The molecule has 1 aliphatic rings. The zero-order chi connectivity index (χ0) is 20.4. The maximum atomic E-state index is 12.8. The van der Waals surface area contributed by atoms with E-state index in [1.807, 2.05) is 18.2 Å². The summed E-state index contributed by atoms with van der Waals surface area (Å²) in [6, 6.07) is 15.2. The van der Waals surface area contributed by atoms with Gasteiger partial charge in [0.2, 0.25) is 0 Å². The van der Waals surface area contributed by atoms with Crippen LogP contribution in [0.2, 0.25) is 0 Å². The fourth-order valence-corrected chi connectivity index (χ4v) is 4.05. The molecule has 1 N–H and O–H groups in total. The van der Waals surface area contributed by atoms with Crippen LogP contribution in [-0.4, -0.2) is 26.7 Å². The first-order valence-corrected chi connectivity index (χ1v) is 10.1. The fourth-order valence-electron chi connectivity index (χ4n) is 3.02. The topological polar surface area (TPSA) is 99.3 Å². The number of para-hydroxylation sites is 1. The molecule has 2 heterocycles. The zero-order valence-corrected chi connectivity index (χ0v) is 16.4. The smallest absolute Gasteiger partial charge is 0.269 e. The molecule has 1 aliphatic heterocycles. The number of nitro groups is 1. The Kier molecular flexibility index (Phi) is 5.22. The van der Waals surface area contributed by atoms with Crippen LogP contribution in [0.4, 0.5) is 11.5 Å². The number of thioether (sulfide) groups is 1. The minimum Gasteiger partial charge on any atom is -0.481 e. The van der Waals surface area contributed by atoms with Gasteiger partial charge in [-0.3, -0.25) is 14.9 Å². The summed E-state index contributed by atoms with van der Waals surface area (Å²) in [7, 11) is 0. The second-order valence-electron chi connectivity index (χ2n) is 6.51. The highest BCUT2D eigenvalue weighted by Gasteiger charge is 2.26. The van der Waals surface area contributed by atoms with Gasteiger partial charge >= 0.3 is 0 Å². The normalized spacial score (nSPS) is 13.6. The van der Waals surface area contributed by atoms with Gasteiger partial charge in [-0.25, -0.2) is 4.68 Å². The van der Waals surface area contributed by atoms with Gasteiger partial charge in [0.1, 0.15) is 11.6 Å². The van der Waals surface area contributed by atoms with Crippen molar-refractivity contribution in [1.29, 1.82) is 0 Å². The molecular weight excluding hydrogens is 392 g/mol. The quantitative estimate of drug-likeness (QED) is 0.488. The van der Waals surface area contributed by atoms with Crippen LogP contribution in [-0.2, 0) is 16.3 Å². The average molecular weight is 410 g/mol. The van der Waals surface area contributed by atoms with Crippen LogP contribution in [0.25, 0.3) is 5.69 Å². The molecule has 0 aliphatic carbocycles. The van der Waals surface area contributed by atoms with E-state index in [-0.39, 0.29) is 11.6 Å². The number of nitrogens with zero attached hydrogens (tertiary/aromatic N) is 3. The number of benzene rings is 2. The number of nitro benzene ring substituents is 1. The molecular formula is C20H18N4O4S. The minimum absolute atomic E-state index is 0.000489. The Morgan fingerprint density at radius 2 is 1.93 bits per heavy atom. The number of rotatable bonds is 6. The van der Waals surface area contributed by atoms with Gasteiger partial charge in [0.05, 0.1) is 16.3 Å². The molecule has 0 bridgehead atoms. The largest absolute Gasteiger partial charge is 0.481 e. The number of nitrogens with one attached hydrogen (secondary N) is 1. The van der Waals surface area contributed by atoms with Crippen LogP contribution in [0, 0.1) is 10.1 Å². The lowest BCUT2D eigenvalue weighted by Crippen LogP contribution is -2.31. The molecule has 8 nitrogen and oxygen atoms in total. The molecule has 0 fully saturated rings. The molecule has 9 heteroatoms. The zero-order valence-electron chi connectivity index (χ0n) is 15.6. The van der Waals surface area contributed by atoms with Gasteiger partial charge in [0.15, 0.2) is 6.10 Å². The molecule has 4 rings (SSSR count). The van der Waals surface area contributed by atoms with Gasteiger partial charge in [0.25, 0.3) is 11.6 Å². The predicted octanol–water partition coefficient (Wildman–Crippen LogP) is 3.93. The van der Waals surface area contributed by atoms with Crippen molar-refractivity contribution >= 4 is 29.2 Å². The lowest BCUT2D eigenvalue weighted by Gasteiger charge is -2.16. The summed E-state index contributed by atoms with van der Waals surface area (Å²) in [5, 5.41) is 18.4. The van der Waals surface area contributed by atoms with Crippen LogP contribution in [0.15, 0.2) is 54.6 Å². The molecule has 148 valence electrons. The van der Waals surface area contributed by atoms with Gasteiger partial charge in [-0.15, -0.1) is 0 Å². The standard InChI is InChI=1S/C20H18N4O4S/c1-13(28-16-5-3-2-4-6-16)20(25)21-19-17-11-29-12-18(17)22-23(19)14-7-9-15(10-8-14)24(26)27/h2-10,13H,11-12H2,1H3,(H,21,25). The van der Waals surface area contributed by atoms with Crippen molar-refractivity contribution in [1.82, 2.24) is 9.78 Å². The molecule has 1 aromatic heterocycles. The summed E-state index contributed by atoms with van der Waals surface area (Å²) in [4.78, 5) is 23.2. The van der Waals surface area contributed by atoms with E-state index in [1.165, 1.54) is 12.1 Å². The summed E-state index contributed by atoms with van der Waals surface area (Å²) >= 11 is 1.72. The van der Waals surface area contributed by atoms with Crippen LogP contribution >= 0.6 is 11.8 Å². The lowest BCUT2D eigenvalue weighted by atomic mass is 10.2. The summed E-state index contributed by atoms with van der Waals surface area (Å²) in [5.41, 5.74) is 2.51. The third-order valence-corrected chi connectivity index (χ3v) is 5.49. The van der Waals surface area contributed by atoms with Crippen molar-refractivity contribution in [2.45, 2.75) is 24.5 Å². The third kappa shape index (κ3) is 3.95. The maximum absolute atomic E-state index is 12.8. The van der Waals surface area contributed by atoms with Crippen molar-refractivity contribution in [3.8, 4) is 11.4 Å². The van der Waals surface area contributed by atoms with Gasteiger partial charge < -0.3 is 10.1 Å².